The number of carbonyl (C=O) groups is 1. The number of amides is 1. The Morgan fingerprint density at radius 2 is 1.67 bits per heavy atom. The highest BCUT2D eigenvalue weighted by molar-refractivity contribution is 7.92. The van der Waals surface area contributed by atoms with Crippen molar-refractivity contribution in [1.82, 2.24) is 0 Å². The van der Waals surface area contributed by atoms with Gasteiger partial charge in [-0.1, -0.05) is 17.7 Å². The monoisotopic (exact) mass is 350 g/mol. The number of anilines is 2. The Bertz CT molecular complexity index is 803. The summed E-state index contributed by atoms with van der Waals surface area (Å²) in [6, 6.07) is 12.4. The van der Waals surface area contributed by atoms with E-state index in [9.17, 15) is 17.6 Å². The Morgan fingerprint density at radius 1 is 1.08 bits per heavy atom. The maximum atomic E-state index is 12.8. The van der Waals surface area contributed by atoms with E-state index in [1.807, 2.05) is 19.1 Å². The summed E-state index contributed by atoms with van der Waals surface area (Å²) < 4.78 is 38.0. The maximum absolute atomic E-state index is 12.8. The molecule has 2 aromatic carbocycles. The lowest BCUT2D eigenvalue weighted by molar-refractivity contribution is -0.116. The molecule has 0 saturated heterocycles. The first-order valence-electron chi connectivity index (χ1n) is 7.35. The Hall–Kier alpha value is -2.41. The first-order chi connectivity index (χ1) is 11.3. The largest absolute Gasteiger partial charge is 0.326 e. The Morgan fingerprint density at radius 3 is 2.21 bits per heavy atom. The maximum Gasteiger partial charge on any atom is 0.232 e. The van der Waals surface area contributed by atoms with Crippen molar-refractivity contribution in [2.45, 2.75) is 13.3 Å². The van der Waals surface area contributed by atoms with Crippen LogP contribution in [-0.4, -0.2) is 27.1 Å². The summed E-state index contributed by atoms with van der Waals surface area (Å²) in [5.41, 5.74) is 1.99. The molecule has 0 heterocycles. The van der Waals surface area contributed by atoms with E-state index < -0.39 is 15.8 Å². The summed E-state index contributed by atoms with van der Waals surface area (Å²) >= 11 is 0. The summed E-state index contributed by atoms with van der Waals surface area (Å²) in [5, 5.41) is 2.61. The van der Waals surface area contributed by atoms with Gasteiger partial charge in [-0.25, -0.2) is 12.8 Å². The molecule has 0 saturated carbocycles. The summed E-state index contributed by atoms with van der Waals surface area (Å²) in [7, 11) is -3.50. The van der Waals surface area contributed by atoms with Crippen molar-refractivity contribution in [1.29, 1.82) is 0 Å². The van der Waals surface area contributed by atoms with Gasteiger partial charge < -0.3 is 5.32 Å². The molecule has 0 fully saturated rings. The van der Waals surface area contributed by atoms with Gasteiger partial charge in [-0.05, 0) is 43.3 Å². The van der Waals surface area contributed by atoms with Crippen molar-refractivity contribution in [2.24, 2.45) is 0 Å². The van der Waals surface area contributed by atoms with Gasteiger partial charge in [-0.3, -0.25) is 9.10 Å². The van der Waals surface area contributed by atoms with Crippen LogP contribution in [0.1, 0.15) is 12.0 Å². The van der Waals surface area contributed by atoms with Gasteiger partial charge >= 0.3 is 0 Å². The topological polar surface area (TPSA) is 66.5 Å². The summed E-state index contributed by atoms with van der Waals surface area (Å²) in [5.74, 6) is -0.738. The average Bonchev–Trinajstić information content (AvgIpc) is 2.50. The second-order valence-electron chi connectivity index (χ2n) is 5.48. The van der Waals surface area contributed by atoms with E-state index in [0.717, 1.165) is 11.8 Å². The van der Waals surface area contributed by atoms with Gasteiger partial charge in [0.1, 0.15) is 5.82 Å². The van der Waals surface area contributed by atoms with Crippen molar-refractivity contribution < 1.29 is 17.6 Å². The summed E-state index contributed by atoms with van der Waals surface area (Å²) in [6.45, 7) is 1.93. The van der Waals surface area contributed by atoms with Crippen molar-refractivity contribution in [3.05, 3.63) is 59.9 Å². The lowest BCUT2D eigenvalue weighted by Gasteiger charge is -2.22. The third kappa shape index (κ3) is 5.06. The second-order valence-corrected chi connectivity index (χ2v) is 7.38. The molecule has 0 radical (unpaired) electrons. The number of aryl methyl sites for hydroxylation is 1. The number of hydrogen-bond acceptors (Lipinski definition) is 3. The number of rotatable bonds is 6. The molecular weight excluding hydrogens is 331 g/mol. The van der Waals surface area contributed by atoms with Crippen molar-refractivity contribution in [3.63, 3.8) is 0 Å². The molecule has 5 nitrogen and oxygen atoms in total. The first-order valence-corrected chi connectivity index (χ1v) is 9.20. The summed E-state index contributed by atoms with van der Waals surface area (Å²) in [4.78, 5) is 12.0. The predicted octanol–water partition coefficient (Wildman–Crippen LogP) is 2.93. The molecule has 0 atom stereocenters. The van der Waals surface area contributed by atoms with Gasteiger partial charge in [0.15, 0.2) is 0 Å². The second kappa shape index (κ2) is 7.44. The quantitative estimate of drug-likeness (QED) is 0.871. The number of benzene rings is 2. The molecule has 1 N–H and O–H groups in total. The smallest absolute Gasteiger partial charge is 0.232 e. The van der Waals surface area contributed by atoms with Crippen LogP contribution >= 0.6 is 0 Å². The molecule has 7 heteroatoms. The van der Waals surface area contributed by atoms with Crippen LogP contribution in [0.5, 0.6) is 0 Å². The third-order valence-electron chi connectivity index (χ3n) is 3.39. The van der Waals surface area contributed by atoms with Crippen LogP contribution in [-0.2, 0) is 14.8 Å². The van der Waals surface area contributed by atoms with E-state index >= 15 is 0 Å². The minimum Gasteiger partial charge on any atom is -0.326 e. The number of carbonyl (C=O) groups excluding carboxylic acids is 1. The van der Waals surface area contributed by atoms with Crippen molar-refractivity contribution in [2.75, 3.05) is 22.4 Å². The number of nitrogens with one attached hydrogen (secondary N) is 1. The molecule has 0 aliphatic heterocycles. The fourth-order valence-corrected chi connectivity index (χ4v) is 3.08. The minimum absolute atomic E-state index is 0.0156. The van der Waals surface area contributed by atoms with Crippen LogP contribution in [0.4, 0.5) is 15.8 Å². The molecule has 2 rings (SSSR count). The van der Waals surface area contributed by atoms with E-state index in [4.69, 9.17) is 0 Å². The van der Waals surface area contributed by atoms with Crippen LogP contribution in [0.15, 0.2) is 48.5 Å². The molecule has 0 aromatic heterocycles. The van der Waals surface area contributed by atoms with Crippen LogP contribution in [0.2, 0.25) is 0 Å². The van der Waals surface area contributed by atoms with Gasteiger partial charge in [0, 0.05) is 18.7 Å². The highest BCUT2D eigenvalue weighted by atomic mass is 32.2. The van der Waals surface area contributed by atoms with Gasteiger partial charge in [0.05, 0.1) is 11.9 Å². The van der Waals surface area contributed by atoms with Gasteiger partial charge in [0.25, 0.3) is 0 Å². The molecule has 1 amide bonds. The van der Waals surface area contributed by atoms with E-state index in [1.165, 1.54) is 28.6 Å². The van der Waals surface area contributed by atoms with Crippen LogP contribution in [0.25, 0.3) is 0 Å². The molecule has 128 valence electrons. The number of nitrogens with zero attached hydrogens (tertiary/aromatic N) is 1. The SMILES string of the molecule is Cc1ccc(N(CCC(=O)Nc2ccc(F)cc2)S(C)(=O)=O)cc1. The molecule has 0 unspecified atom stereocenters. The van der Waals surface area contributed by atoms with Gasteiger partial charge in [0.2, 0.25) is 15.9 Å². The predicted molar refractivity (Wildman–Crippen MR) is 93.0 cm³/mol. The molecular formula is C17H19FN2O3S. The Kier molecular flexibility index (Phi) is 5.56. The zero-order valence-corrected chi connectivity index (χ0v) is 14.3. The molecule has 0 aliphatic rings. The zero-order chi connectivity index (χ0) is 17.7. The molecule has 2 aromatic rings. The number of sulfonamides is 1. The third-order valence-corrected chi connectivity index (χ3v) is 4.59. The van der Waals surface area contributed by atoms with Gasteiger partial charge in [-0.15, -0.1) is 0 Å². The lowest BCUT2D eigenvalue weighted by atomic mass is 10.2. The Labute approximate surface area is 141 Å². The molecule has 24 heavy (non-hydrogen) atoms. The van der Waals surface area contributed by atoms with Crippen molar-refractivity contribution in [3.8, 4) is 0 Å². The van der Waals surface area contributed by atoms with Crippen LogP contribution in [0.3, 0.4) is 0 Å². The van der Waals surface area contributed by atoms with Crippen LogP contribution in [0, 0.1) is 12.7 Å². The van der Waals surface area contributed by atoms with Crippen LogP contribution < -0.4 is 9.62 Å². The first kappa shape index (κ1) is 17.9. The van der Waals surface area contributed by atoms with Crippen molar-refractivity contribution >= 4 is 27.3 Å². The normalized spacial score (nSPS) is 11.1. The zero-order valence-electron chi connectivity index (χ0n) is 13.5. The standard InChI is InChI=1S/C17H19FN2O3S/c1-13-3-9-16(10-4-13)20(24(2,22)23)12-11-17(21)19-15-7-5-14(18)6-8-15/h3-10H,11-12H2,1-2H3,(H,19,21). The molecule has 0 aliphatic carbocycles. The molecule has 0 spiro atoms. The van der Waals surface area contributed by atoms with E-state index in [1.54, 1.807) is 12.1 Å². The fourth-order valence-electron chi connectivity index (χ4n) is 2.16. The Balaban J connectivity index is 2.04. The highest BCUT2D eigenvalue weighted by Crippen LogP contribution is 2.18. The highest BCUT2D eigenvalue weighted by Gasteiger charge is 2.18. The fraction of sp³-hybridized carbons (Fsp3) is 0.235. The minimum atomic E-state index is -3.50. The van der Waals surface area contributed by atoms with Gasteiger partial charge in [-0.2, -0.15) is 0 Å². The van der Waals surface area contributed by atoms with E-state index in [0.29, 0.717) is 11.4 Å². The van der Waals surface area contributed by atoms with E-state index in [-0.39, 0.29) is 18.9 Å². The number of hydrogen-bond donors (Lipinski definition) is 1. The lowest BCUT2D eigenvalue weighted by Crippen LogP contribution is -2.33. The summed E-state index contributed by atoms with van der Waals surface area (Å²) in [6.07, 6.45) is 1.09. The average molecular weight is 350 g/mol. The molecule has 0 bridgehead atoms. The van der Waals surface area contributed by atoms with E-state index in [2.05, 4.69) is 5.32 Å². The number of halogens is 1.